The molecule has 1 aliphatic rings. The van der Waals surface area contributed by atoms with E-state index >= 15 is 0 Å². The molecular weight excluding hydrogens is 348 g/mol. The minimum atomic E-state index is -0.518. The molecule has 2 heterocycles. The minimum Gasteiger partial charge on any atom is -0.497 e. The quantitative estimate of drug-likeness (QED) is 0.717. The van der Waals surface area contributed by atoms with Crippen molar-refractivity contribution in [3.05, 3.63) is 47.7 Å². The van der Waals surface area contributed by atoms with Crippen LogP contribution in [0.2, 0.25) is 0 Å². The zero-order valence-electron chi connectivity index (χ0n) is 15.0. The molecule has 2 amide bonds. The van der Waals surface area contributed by atoms with Gasteiger partial charge in [0.25, 0.3) is 11.8 Å². The van der Waals surface area contributed by atoms with Crippen LogP contribution in [0.4, 0.5) is 0 Å². The van der Waals surface area contributed by atoms with Gasteiger partial charge in [-0.3, -0.25) is 14.9 Å². The lowest BCUT2D eigenvalue weighted by Gasteiger charge is -2.14. The maximum atomic E-state index is 12.3. The fraction of sp³-hybridized carbons (Fsp3) is 0.150. The van der Waals surface area contributed by atoms with E-state index in [1.165, 1.54) is 14.2 Å². The van der Waals surface area contributed by atoms with E-state index in [0.717, 1.165) is 5.56 Å². The molecule has 0 radical (unpaired) electrons. The van der Waals surface area contributed by atoms with Crippen LogP contribution in [-0.4, -0.2) is 38.1 Å². The van der Waals surface area contributed by atoms with Crippen molar-refractivity contribution in [1.82, 2.24) is 10.3 Å². The molecule has 0 saturated heterocycles. The van der Waals surface area contributed by atoms with Gasteiger partial charge < -0.3 is 14.2 Å². The van der Waals surface area contributed by atoms with E-state index < -0.39 is 11.8 Å². The Bertz CT molecular complexity index is 1110. The lowest BCUT2D eigenvalue weighted by Crippen LogP contribution is -2.20. The van der Waals surface area contributed by atoms with Gasteiger partial charge in [0.05, 0.1) is 32.6 Å². The number of nitrogens with one attached hydrogen (secondary N) is 1. The molecule has 0 spiro atoms. The molecule has 4 rings (SSSR count). The summed E-state index contributed by atoms with van der Waals surface area (Å²) < 4.78 is 16.1. The lowest BCUT2D eigenvalue weighted by molar-refractivity contribution is 0.0878. The van der Waals surface area contributed by atoms with Crippen LogP contribution < -0.4 is 19.5 Å². The fourth-order valence-corrected chi connectivity index (χ4v) is 3.25. The molecular formula is C20H16N2O5. The van der Waals surface area contributed by atoms with Crippen molar-refractivity contribution in [3.63, 3.8) is 0 Å². The summed E-state index contributed by atoms with van der Waals surface area (Å²) >= 11 is 0. The number of methoxy groups -OCH3 is 3. The van der Waals surface area contributed by atoms with E-state index in [4.69, 9.17) is 14.2 Å². The molecule has 0 fully saturated rings. The van der Waals surface area contributed by atoms with Crippen LogP contribution in [0.3, 0.4) is 0 Å². The van der Waals surface area contributed by atoms with Crippen LogP contribution in [0.1, 0.15) is 20.8 Å². The van der Waals surface area contributed by atoms with Crippen molar-refractivity contribution >= 4 is 22.6 Å². The molecule has 1 aromatic heterocycles. The number of amides is 2. The number of ether oxygens (including phenoxy) is 3. The van der Waals surface area contributed by atoms with E-state index in [1.807, 2.05) is 24.3 Å². The van der Waals surface area contributed by atoms with Gasteiger partial charge in [-0.1, -0.05) is 12.1 Å². The number of fused-ring (bicyclic) bond motifs is 3. The smallest absolute Gasteiger partial charge is 0.277 e. The Kier molecular flexibility index (Phi) is 3.92. The van der Waals surface area contributed by atoms with Crippen molar-refractivity contribution in [2.45, 2.75) is 0 Å². The highest BCUT2D eigenvalue weighted by Crippen LogP contribution is 2.40. The van der Waals surface area contributed by atoms with Gasteiger partial charge in [0.2, 0.25) is 0 Å². The first-order valence-electron chi connectivity index (χ1n) is 8.17. The molecule has 7 heteroatoms. The van der Waals surface area contributed by atoms with Crippen LogP contribution in [-0.2, 0) is 0 Å². The zero-order chi connectivity index (χ0) is 19.1. The number of carbonyl (C=O) groups excluding carboxylic acids is 2. The number of pyridine rings is 1. The van der Waals surface area contributed by atoms with Crippen LogP contribution in [0, 0.1) is 0 Å². The highest BCUT2D eigenvalue weighted by Gasteiger charge is 2.32. The standard InChI is InChI=1S/C20H16N2O5/c1-25-11-6-4-5-10(7-11)17-13-9-15(27-3)14(26-2)8-12(13)16-18(21-17)20(24)22-19(16)23/h4-9H,1-3H3,(H,22,23,24). The van der Waals surface area contributed by atoms with Gasteiger partial charge in [-0.05, 0) is 24.3 Å². The number of rotatable bonds is 4. The first-order valence-corrected chi connectivity index (χ1v) is 8.17. The summed E-state index contributed by atoms with van der Waals surface area (Å²) in [6, 6.07) is 10.8. The highest BCUT2D eigenvalue weighted by molar-refractivity contribution is 6.27. The summed E-state index contributed by atoms with van der Waals surface area (Å²) in [6.07, 6.45) is 0. The highest BCUT2D eigenvalue weighted by atomic mass is 16.5. The van der Waals surface area contributed by atoms with Crippen molar-refractivity contribution in [3.8, 4) is 28.5 Å². The average molecular weight is 364 g/mol. The van der Waals surface area contributed by atoms with Gasteiger partial charge in [-0.25, -0.2) is 4.98 Å². The summed E-state index contributed by atoms with van der Waals surface area (Å²) in [6.45, 7) is 0. The van der Waals surface area contributed by atoms with Crippen LogP contribution in [0.25, 0.3) is 22.0 Å². The molecule has 0 bridgehead atoms. The molecule has 0 atom stereocenters. The molecule has 0 unspecified atom stereocenters. The summed E-state index contributed by atoms with van der Waals surface area (Å²) in [4.78, 5) is 29.1. The van der Waals surface area contributed by atoms with Crippen molar-refractivity contribution in [1.29, 1.82) is 0 Å². The SMILES string of the molecule is COc1cccc(-c2nc3c(c4cc(OC)c(OC)cc24)C(=O)NC3=O)c1. The predicted octanol–water partition coefficient (Wildman–Crippen LogP) is 2.81. The minimum absolute atomic E-state index is 0.0949. The maximum Gasteiger partial charge on any atom is 0.277 e. The summed E-state index contributed by atoms with van der Waals surface area (Å²) in [7, 11) is 4.62. The Morgan fingerprint density at radius 2 is 1.52 bits per heavy atom. The third kappa shape index (κ3) is 2.55. The monoisotopic (exact) mass is 364 g/mol. The summed E-state index contributed by atoms with van der Waals surface area (Å²) in [5.74, 6) is 0.625. The maximum absolute atomic E-state index is 12.3. The normalized spacial score (nSPS) is 12.7. The Labute approximate surface area is 154 Å². The molecule has 0 saturated carbocycles. The number of imide groups is 1. The van der Waals surface area contributed by atoms with Gasteiger partial charge in [-0.2, -0.15) is 0 Å². The van der Waals surface area contributed by atoms with Gasteiger partial charge >= 0.3 is 0 Å². The van der Waals surface area contributed by atoms with E-state index in [9.17, 15) is 9.59 Å². The lowest BCUT2D eigenvalue weighted by atomic mass is 9.98. The fourth-order valence-electron chi connectivity index (χ4n) is 3.25. The number of benzene rings is 2. The number of carbonyl (C=O) groups is 2. The van der Waals surface area contributed by atoms with Crippen molar-refractivity contribution in [2.24, 2.45) is 0 Å². The molecule has 1 aliphatic heterocycles. The third-order valence-corrected chi connectivity index (χ3v) is 4.52. The molecule has 27 heavy (non-hydrogen) atoms. The summed E-state index contributed by atoms with van der Waals surface area (Å²) in [5, 5.41) is 3.54. The number of aromatic nitrogens is 1. The van der Waals surface area contributed by atoms with E-state index in [1.54, 1.807) is 19.2 Å². The number of hydrogen-bond acceptors (Lipinski definition) is 6. The Balaban J connectivity index is 2.12. The van der Waals surface area contributed by atoms with Crippen molar-refractivity contribution in [2.75, 3.05) is 21.3 Å². The first kappa shape index (κ1) is 16.8. The average Bonchev–Trinajstić information content (AvgIpc) is 2.99. The van der Waals surface area contributed by atoms with Gasteiger partial charge in [0.1, 0.15) is 11.4 Å². The van der Waals surface area contributed by atoms with Gasteiger partial charge in [0, 0.05) is 16.3 Å². The molecule has 3 aromatic rings. The number of hydrogen-bond donors (Lipinski definition) is 1. The van der Waals surface area contributed by atoms with Crippen LogP contribution in [0.15, 0.2) is 36.4 Å². The zero-order valence-corrected chi connectivity index (χ0v) is 15.0. The summed E-state index contributed by atoms with van der Waals surface area (Å²) in [5.41, 5.74) is 1.63. The number of nitrogens with zero attached hydrogens (tertiary/aromatic N) is 1. The van der Waals surface area contributed by atoms with E-state index in [2.05, 4.69) is 10.3 Å². The Hall–Kier alpha value is -3.61. The van der Waals surface area contributed by atoms with E-state index in [-0.39, 0.29) is 11.3 Å². The van der Waals surface area contributed by atoms with Crippen LogP contribution in [0.5, 0.6) is 17.2 Å². The Morgan fingerprint density at radius 3 is 2.19 bits per heavy atom. The van der Waals surface area contributed by atoms with E-state index in [0.29, 0.717) is 33.7 Å². The first-order chi connectivity index (χ1) is 13.1. The Morgan fingerprint density at radius 1 is 0.815 bits per heavy atom. The van der Waals surface area contributed by atoms with Gasteiger partial charge in [-0.15, -0.1) is 0 Å². The molecule has 0 aliphatic carbocycles. The molecule has 7 nitrogen and oxygen atoms in total. The second kappa shape index (κ2) is 6.28. The molecule has 1 N–H and O–H groups in total. The second-order valence-corrected chi connectivity index (χ2v) is 5.95. The second-order valence-electron chi connectivity index (χ2n) is 5.95. The topological polar surface area (TPSA) is 86.8 Å². The predicted molar refractivity (Wildman–Crippen MR) is 98.6 cm³/mol. The molecule has 136 valence electrons. The van der Waals surface area contributed by atoms with Crippen molar-refractivity contribution < 1.29 is 23.8 Å². The third-order valence-electron chi connectivity index (χ3n) is 4.52. The molecule has 2 aromatic carbocycles. The van der Waals surface area contributed by atoms with Crippen LogP contribution >= 0.6 is 0 Å². The largest absolute Gasteiger partial charge is 0.497 e. The van der Waals surface area contributed by atoms with Gasteiger partial charge in [0.15, 0.2) is 11.5 Å².